The predicted molar refractivity (Wildman–Crippen MR) is 61.0 cm³/mol. The van der Waals surface area contributed by atoms with Crippen molar-refractivity contribution in [3.63, 3.8) is 0 Å². The lowest BCUT2D eigenvalue weighted by Gasteiger charge is -2.27. The van der Waals surface area contributed by atoms with Gasteiger partial charge in [0, 0.05) is 39.5 Å². The van der Waals surface area contributed by atoms with Crippen LogP contribution in [0.15, 0.2) is 24.5 Å². The number of methoxy groups -OCH3 is 2. The van der Waals surface area contributed by atoms with Gasteiger partial charge in [-0.1, -0.05) is 6.07 Å². The zero-order chi connectivity index (χ0) is 12.0. The Morgan fingerprint density at radius 1 is 1.44 bits per heavy atom. The lowest BCUT2D eigenvalue weighted by molar-refractivity contribution is -0.139. The minimum absolute atomic E-state index is 0.383. The molecule has 0 aliphatic heterocycles. The van der Waals surface area contributed by atoms with E-state index in [0.29, 0.717) is 12.8 Å². The van der Waals surface area contributed by atoms with E-state index in [4.69, 9.17) is 9.47 Å². The second-order valence-electron chi connectivity index (χ2n) is 4.14. The summed E-state index contributed by atoms with van der Waals surface area (Å²) in [6.07, 6.45) is 4.04. The second-order valence-corrected chi connectivity index (χ2v) is 4.14. The molecule has 0 spiro atoms. The molecule has 4 nitrogen and oxygen atoms in total. The highest BCUT2D eigenvalue weighted by atomic mass is 16.7. The van der Waals surface area contributed by atoms with E-state index < -0.39 is 5.60 Å². The molecule has 1 aromatic heterocycles. The highest BCUT2D eigenvalue weighted by Crippen LogP contribution is 2.19. The molecule has 1 heterocycles. The third kappa shape index (κ3) is 4.26. The highest BCUT2D eigenvalue weighted by Gasteiger charge is 2.25. The summed E-state index contributed by atoms with van der Waals surface area (Å²) in [7, 11) is 3.13. The van der Waals surface area contributed by atoms with E-state index >= 15 is 0 Å². The molecule has 4 heteroatoms. The monoisotopic (exact) mass is 225 g/mol. The van der Waals surface area contributed by atoms with Gasteiger partial charge in [0.05, 0.1) is 5.60 Å². The molecule has 0 saturated heterocycles. The molecule has 0 amide bonds. The number of pyridine rings is 1. The number of hydrogen-bond donors (Lipinski definition) is 1. The number of hydrogen-bond acceptors (Lipinski definition) is 4. The van der Waals surface area contributed by atoms with E-state index in [2.05, 4.69) is 4.98 Å². The Morgan fingerprint density at radius 3 is 2.62 bits per heavy atom. The molecule has 0 bridgehead atoms. The van der Waals surface area contributed by atoms with Crippen LogP contribution in [0.1, 0.15) is 18.9 Å². The van der Waals surface area contributed by atoms with E-state index in [9.17, 15) is 5.11 Å². The van der Waals surface area contributed by atoms with Crippen LogP contribution in [0.5, 0.6) is 0 Å². The number of ether oxygens (including phenoxy) is 2. The van der Waals surface area contributed by atoms with Gasteiger partial charge in [0.2, 0.25) is 0 Å². The standard InChI is InChI=1S/C12H19NO3/c1-12(14,8-11(15-2)16-3)7-10-5-4-6-13-9-10/h4-6,9,11,14H,7-8H2,1-3H3. The molecule has 16 heavy (non-hydrogen) atoms. The summed E-state index contributed by atoms with van der Waals surface area (Å²) in [6, 6.07) is 3.80. The van der Waals surface area contributed by atoms with E-state index in [-0.39, 0.29) is 6.29 Å². The molecule has 0 aliphatic carbocycles. The fraction of sp³-hybridized carbons (Fsp3) is 0.583. The third-order valence-electron chi connectivity index (χ3n) is 2.44. The first-order valence-corrected chi connectivity index (χ1v) is 5.24. The van der Waals surface area contributed by atoms with Gasteiger partial charge in [-0.2, -0.15) is 0 Å². The Morgan fingerprint density at radius 2 is 2.12 bits per heavy atom. The third-order valence-corrected chi connectivity index (χ3v) is 2.44. The van der Waals surface area contributed by atoms with Crippen LogP contribution < -0.4 is 0 Å². The normalized spacial score (nSPS) is 15.1. The first kappa shape index (κ1) is 13.1. The lowest BCUT2D eigenvalue weighted by atomic mass is 9.94. The van der Waals surface area contributed by atoms with Crippen LogP contribution in [0, 0.1) is 0 Å². The topological polar surface area (TPSA) is 51.6 Å². The second kappa shape index (κ2) is 5.94. The molecule has 0 aliphatic rings. The lowest BCUT2D eigenvalue weighted by Crippen LogP contribution is -2.34. The van der Waals surface area contributed by atoms with Crippen LogP contribution in [-0.4, -0.2) is 36.2 Å². The van der Waals surface area contributed by atoms with Gasteiger partial charge in [0.25, 0.3) is 0 Å². The first-order chi connectivity index (χ1) is 7.57. The van der Waals surface area contributed by atoms with E-state index in [1.54, 1.807) is 33.5 Å². The maximum Gasteiger partial charge on any atom is 0.159 e. The largest absolute Gasteiger partial charge is 0.390 e. The molecule has 1 atom stereocenters. The summed E-state index contributed by atoms with van der Waals surface area (Å²) >= 11 is 0. The Bertz CT molecular complexity index is 296. The molecule has 90 valence electrons. The van der Waals surface area contributed by atoms with Crippen LogP contribution in [0.25, 0.3) is 0 Å². The minimum Gasteiger partial charge on any atom is -0.390 e. The van der Waals surface area contributed by atoms with Crippen LogP contribution >= 0.6 is 0 Å². The number of nitrogens with zero attached hydrogens (tertiary/aromatic N) is 1. The Kier molecular flexibility index (Phi) is 4.86. The Hall–Kier alpha value is -0.970. The number of aliphatic hydroxyl groups is 1. The van der Waals surface area contributed by atoms with Crippen molar-refractivity contribution in [2.75, 3.05) is 14.2 Å². The van der Waals surface area contributed by atoms with Crippen LogP contribution in [0.4, 0.5) is 0 Å². The van der Waals surface area contributed by atoms with Gasteiger partial charge in [0.15, 0.2) is 6.29 Å². The Balaban J connectivity index is 2.57. The van der Waals surface area contributed by atoms with Crippen LogP contribution in [-0.2, 0) is 15.9 Å². The van der Waals surface area contributed by atoms with Gasteiger partial charge in [-0.05, 0) is 18.6 Å². The molecule has 1 rings (SSSR count). The highest BCUT2D eigenvalue weighted by molar-refractivity contribution is 5.11. The molecule has 0 aromatic carbocycles. The molecule has 0 saturated carbocycles. The maximum atomic E-state index is 10.2. The van der Waals surface area contributed by atoms with Crippen molar-refractivity contribution in [3.05, 3.63) is 30.1 Å². The quantitative estimate of drug-likeness (QED) is 0.743. The Labute approximate surface area is 96.2 Å². The zero-order valence-electron chi connectivity index (χ0n) is 10.0. The van der Waals surface area contributed by atoms with Gasteiger partial charge < -0.3 is 14.6 Å². The van der Waals surface area contributed by atoms with Gasteiger partial charge >= 0.3 is 0 Å². The fourth-order valence-electron chi connectivity index (χ4n) is 1.64. The van der Waals surface area contributed by atoms with E-state index in [0.717, 1.165) is 5.56 Å². The minimum atomic E-state index is -0.861. The van der Waals surface area contributed by atoms with Gasteiger partial charge in [-0.3, -0.25) is 4.98 Å². The molecule has 1 aromatic rings. The maximum absolute atomic E-state index is 10.2. The summed E-state index contributed by atoms with van der Waals surface area (Å²) in [4.78, 5) is 4.01. The van der Waals surface area contributed by atoms with Crippen molar-refractivity contribution < 1.29 is 14.6 Å². The van der Waals surface area contributed by atoms with Crippen molar-refractivity contribution in [2.45, 2.75) is 31.7 Å². The van der Waals surface area contributed by atoms with Crippen molar-refractivity contribution in [2.24, 2.45) is 0 Å². The number of rotatable bonds is 6. The van der Waals surface area contributed by atoms with Crippen molar-refractivity contribution >= 4 is 0 Å². The summed E-state index contributed by atoms with van der Waals surface area (Å²) in [5, 5.41) is 10.2. The summed E-state index contributed by atoms with van der Waals surface area (Å²) in [5.74, 6) is 0. The smallest absolute Gasteiger partial charge is 0.159 e. The summed E-state index contributed by atoms with van der Waals surface area (Å²) in [5.41, 5.74) is 0.137. The average Bonchev–Trinajstić information content (AvgIpc) is 2.26. The zero-order valence-corrected chi connectivity index (χ0v) is 10.0. The summed E-state index contributed by atoms with van der Waals surface area (Å²) in [6.45, 7) is 1.77. The van der Waals surface area contributed by atoms with Crippen LogP contribution in [0.3, 0.4) is 0 Å². The predicted octanol–water partition coefficient (Wildman–Crippen LogP) is 1.38. The SMILES string of the molecule is COC(CC(C)(O)Cc1cccnc1)OC. The molecule has 1 N–H and O–H groups in total. The van der Waals surface area contributed by atoms with Crippen molar-refractivity contribution in [3.8, 4) is 0 Å². The van der Waals surface area contributed by atoms with Crippen LogP contribution in [0.2, 0.25) is 0 Å². The van der Waals surface area contributed by atoms with E-state index in [1.807, 2.05) is 12.1 Å². The fourth-order valence-corrected chi connectivity index (χ4v) is 1.64. The van der Waals surface area contributed by atoms with Gasteiger partial charge in [-0.15, -0.1) is 0 Å². The first-order valence-electron chi connectivity index (χ1n) is 5.24. The van der Waals surface area contributed by atoms with Crippen molar-refractivity contribution in [1.29, 1.82) is 0 Å². The molecule has 1 unspecified atom stereocenters. The van der Waals surface area contributed by atoms with Gasteiger partial charge in [-0.25, -0.2) is 0 Å². The molecule has 0 fully saturated rings. The molecule has 0 radical (unpaired) electrons. The van der Waals surface area contributed by atoms with E-state index in [1.165, 1.54) is 0 Å². The number of aromatic nitrogens is 1. The molecular formula is C12H19NO3. The van der Waals surface area contributed by atoms with Gasteiger partial charge in [0.1, 0.15) is 0 Å². The summed E-state index contributed by atoms with van der Waals surface area (Å²) < 4.78 is 10.2. The molecular weight excluding hydrogens is 206 g/mol. The van der Waals surface area contributed by atoms with Crippen molar-refractivity contribution in [1.82, 2.24) is 4.98 Å². The average molecular weight is 225 g/mol.